The molecule has 3 rings (SSSR count). The van der Waals surface area contributed by atoms with Gasteiger partial charge in [0.25, 0.3) is 0 Å². The van der Waals surface area contributed by atoms with Gasteiger partial charge in [0.05, 0.1) is 31.9 Å². The second kappa shape index (κ2) is 7.81. The van der Waals surface area contributed by atoms with Crippen LogP contribution in [0.4, 0.5) is 0 Å². The van der Waals surface area contributed by atoms with Gasteiger partial charge in [0.2, 0.25) is 11.8 Å². The van der Waals surface area contributed by atoms with Crippen molar-refractivity contribution in [3.8, 4) is 0 Å². The fourth-order valence-electron chi connectivity index (χ4n) is 3.27. The normalized spacial score (nSPS) is 23.5. The van der Waals surface area contributed by atoms with E-state index in [0.717, 1.165) is 38.6 Å². The van der Waals surface area contributed by atoms with E-state index >= 15 is 0 Å². The minimum absolute atomic E-state index is 0.00684. The van der Waals surface area contributed by atoms with Crippen molar-refractivity contribution >= 4 is 11.8 Å². The molecule has 2 aliphatic rings. The third kappa shape index (κ3) is 4.36. The largest absolute Gasteiger partial charge is 0.467 e. The van der Waals surface area contributed by atoms with Gasteiger partial charge in [0, 0.05) is 38.6 Å². The zero-order chi connectivity index (χ0) is 16.9. The number of ether oxygens (including phenoxy) is 1. The molecule has 2 fully saturated rings. The van der Waals surface area contributed by atoms with Crippen LogP contribution < -0.4 is 5.32 Å². The molecule has 2 aliphatic heterocycles. The van der Waals surface area contributed by atoms with Crippen LogP contribution >= 0.6 is 0 Å². The summed E-state index contributed by atoms with van der Waals surface area (Å²) >= 11 is 0. The Labute approximate surface area is 141 Å². The van der Waals surface area contributed by atoms with E-state index in [4.69, 9.17) is 9.15 Å². The third-order valence-corrected chi connectivity index (χ3v) is 4.54. The molecule has 2 saturated heterocycles. The first kappa shape index (κ1) is 17.0. The van der Waals surface area contributed by atoms with Crippen LogP contribution in [0.25, 0.3) is 0 Å². The molecule has 0 aromatic carbocycles. The van der Waals surface area contributed by atoms with Gasteiger partial charge in [-0.25, -0.2) is 0 Å². The smallest absolute Gasteiger partial charge is 0.225 e. The van der Waals surface area contributed by atoms with Crippen molar-refractivity contribution < 1.29 is 18.7 Å². The van der Waals surface area contributed by atoms with E-state index in [2.05, 4.69) is 10.2 Å². The minimum Gasteiger partial charge on any atom is -0.467 e. The van der Waals surface area contributed by atoms with Gasteiger partial charge in [-0.05, 0) is 19.1 Å². The molecule has 7 nitrogen and oxygen atoms in total. The van der Waals surface area contributed by atoms with E-state index in [-0.39, 0.29) is 30.2 Å². The maximum atomic E-state index is 12.4. The van der Waals surface area contributed by atoms with E-state index in [1.807, 2.05) is 13.0 Å². The molecule has 0 radical (unpaired) electrons. The monoisotopic (exact) mass is 335 g/mol. The van der Waals surface area contributed by atoms with Crippen LogP contribution in [0, 0.1) is 5.92 Å². The van der Waals surface area contributed by atoms with Gasteiger partial charge in [0.1, 0.15) is 5.76 Å². The van der Waals surface area contributed by atoms with Crippen LogP contribution in [0.2, 0.25) is 0 Å². The minimum atomic E-state index is -0.278. The number of furan rings is 1. The summed E-state index contributed by atoms with van der Waals surface area (Å²) in [5.41, 5.74) is 0. The van der Waals surface area contributed by atoms with Gasteiger partial charge < -0.3 is 19.4 Å². The molecule has 7 heteroatoms. The molecule has 1 aromatic rings. The molecule has 2 atom stereocenters. The van der Waals surface area contributed by atoms with Crippen molar-refractivity contribution in [1.82, 2.24) is 15.1 Å². The van der Waals surface area contributed by atoms with Gasteiger partial charge in [-0.2, -0.15) is 0 Å². The molecule has 2 amide bonds. The second-order valence-electron chi connectivity index (χ2n) is 6.58. The van der Waals surface area contributed by atoms with Crippen molar-refractivity contribution in [1.29, 1.82) is 0 Å². The molecule has 1 aromatic heterocycles. The summed E-state index contributed by atoms with van der Waals surface area (Å²) in [5, 5.41) is 3.05. The van der Waals surface area contributed by atoms with E-state index in [1.165, 1.54) is 0 Å². The fraction of sp³-hybridized carbons (Fsp3) is 0.647. The highest BCUT2D eigenvalue weighted by Crippen LogP contribution is 2.20. The summed E-state index contributed by atoms with van der Waals surface area (Å²) in [4.78, 5) is 28.5. The molecule has 132 valence electrons. The highest BCUT2D eigenvalue weighted by atomic mass is 16.5. The quantitative estimate of drug-likeness (QED) is 0.818. The summed E-state index contributed by atoms with van der Waals surface area (Å²) in [6.45, 7) is 7.00. The zero-order valence-electron chi connectivity index (χ0n) is 14.1. The Kier molecular flexibility index (Phi) is 5.52. The maximum Gasteiger partial charge on any atom is 0.225 e. The lowest BCUT2D eigenvalue weighted by molar-refractivity contribution is -0.129. The van der Waals surface area contributed by atoms with Gasteiger partial charge in [0.15, 0.2) is 0 Å². The number of nitrogens with zero attached hydrogens (tertiary/aromatic N) is 2. The number of carbonyl (C=O) groups is 2. The molecule has 0 bridgehead atoms. The Balaban J connectivity index is 1.45. The van der Waals surface area contributed by atoms with Crippen molar-refractivity contribution in [3.63, 3.8) is 0 Å². The number of rotatable bonds is 6. The standard InChI is InChI=1S/C17H25N3O4/c1-13(10-19-4-7-23-8-5-19)18-17(22)14-9-16(21)20(11-14)12-15-3-2-6-24-15/h2-3,6,13-14H,4-5,7-12H2,1H3,(H,18,22)/t13-,14-/m0/s1. The molecular weight excluding hydrogens is 310 g/mol. The fourth-order valence-corrected chi connectivity index (χ4v) is 3.27. The van der Waals surface area contributed by atoms with Crippen molar-refractivity contribution in [2.75, 3.05) is 39.4 Å². The van der Waals surface area contributed by atoms with Crippen molar-refractivity contribution in [3.05, 3.63) is 24.2 Å². The van der Waals surface area contributed by atoms with Gasteiger partial charge in [-0.1, -0.05) is 0 Å². The number of likely N-dealkylation sites (tertiary alicyclic amines) is 1. The Hall–Kier alpha value is -1.86. The maximum absolute atomic E-state index is 12.4. The topological polar surface area (TPSA) is 75.0 Å². The lowest BCUT2D eigenvalue weighted by Crippen LogP contribution is -2.47. The van der Waals surface area contributed by atoms with Crippen LogP contribution in [0.15, 0.2) is 22.8 Å². The molecule has 3 heterocycles. The van der Waals surface area contributed by atoms with Crippen LogP contribution in [0.5, 0.6) is 0 Å². The number of morpholine rings is 1. The van der Waals surface area contributed by atoms with E-state index in [0.29, 0.717) is 13.1 Å². The number of hydrogen-bond donors (Lipinski definition) is 1. The van der Waals surface area contributed by atoms with Gasteiger partial charge >= 0.3 is 0 Å². The van der Waals surface area contributed by atoms with Crippen LogP contribution in [-0.4, -0.2) is 67.0 Å². The summed E-state index contributed by atoms with van der Waals surface area (Å²) < 4.78 is 10.6. The highest BCUT2D eigenvalue weighted by Gasteiger charge is 2.35. The summed E-state index contributed by atoms with van der Waals surface area (Å²) in [7, 11) is 0. The molecule has 0 saturated carbocycles. The predicted molar refractivity (Wildman–Crippen MR) is 87.1 cm³/mol. The number of carbonyl (C=O) groups excluding carboxylic acids is 2. The second-order valence-corrected chi connectivity index (χ2v) is 6.58. The van der Waals surface area contributed by atoms with E-state index in [9.17, 15) is 9.59 Å². The number of amides is 2. The molecule has 24 heavy (non-hydrogen) atoms. The van der Waals surface area contributed by atoms with E-state index < -0.39 is 0 Å². The van der Waals surface area contributed by atoms with Gasteiger partial charge in [-0.3, -0.25) is 14.5 Å². The third-order valence-electron chi connectivity index (χ3n) is 4.54. The lowest BCUT2D eigenvalue weighted by Gasteiger charge is -2.29. The van der Waals surface area contributed by atoms with Crippen molar-refractivity contribution in [2.24, 2.45) is 5.92 Å². The number of nitrogens with one attached hydrogen (secondary N) is 1. The van der Waals surface area contributed by atoms with Crippen LogP contribution in [0.3, 0.4) is 0 Å². The molecule has 0 spiro atoms. The Morgan fingerprint density at radius 3 is 2.92 bits per heavy atom. The average molecular weight is 335 g/mol. The summed E-state index contributed by atoms with van der Waals surface area (Å²) in [6, 6.07) is 3.70. The summed E-state index contributed by atoms with van der Waals surface area (Å²) in [5.74, 6) is 0.433. The molecular formula is C17H25N3O4. The first-order valence-electron chi connectivity index (χ1n) is 8.52. The lowest BCUT2D eigenvalue weighted by atomic mass is 10.1. The van der Waals surface area contributed by atoms with Crippen molar-refractivity contribution in [2.45, 2.75) is 25.9 Å². The number of hydrogen-bond acceptors (Lipinski definition) is 5. The molecule has 1 N–H and O–H groups in total. The molecule has 0 aliphatic carbocycles. The molecule has 0 unspecified atom stereocenters. The predicted octanol–water partition coefficient (Wildman–Crippen LogP) is 0.465. The van der Waals surface area contributed by atoms with Gasteiger partial charge in [-0.15, -0.1) is 0 Å². The average Bonchev–Trinajstić information content (AvgIpc) is 3.19. The van der Waals surface area contributed by atoms with E-state index in [1.54, 1.807) is 17.2 Å². The first-order chi connectivity index (χ1) is 11.6. The Morgan fingerprint density at radius 1 is 1.42 bits per heavy atom. The Bertz CT molecular complexity index is 554. The Morgan fingerprint density at radius 2 is 2.21 bits per heavy atom. The summed E-state index contributed by atoms with van der Waals surface area (Å²) in [6.07, 6.45) is 1.87. The first-order valence-corrected chi connectivity index (χ1v) is 8.52. The SMILES string of the molecule is C[C@@H](CN1CCOCC1)NC(=O)[C@H]1CC(=O)N(Cc2ccco2)C1. The zero-order valence-corrected chi connectivity index (χ0v) is 14.1. The van der Waals surface area contributed by atoms with Crippen LogP contribution in [-0.2, 0) is 20.9 Å². The highest BCUT2D eigenvalue weighted by molar-refractivity contribution is 5.89. The van der Waals surface area contributed by atoms with Crippen LogP contribution in [0.1, 0.15) is 19.1 Å².